The van der Waals surface area contributed by atoms with Crippen LogP contribution in [0.2, 0.25) is 0 Å². The monoisotopic (exact) mass is 254 g/mol. The highest BCUT2D eigenvalue weighted by Crippen LogP contribution is 2.09. The van der Waals surface area contributed by atoms with E-state index in [2.05, 4.69) is 9.82 Å². The van der Waals surface area contributed by atoms with Gasteiger partial charge < -0.3 is 5.73 Å². The number of nitrogens with one attached hydrogen (secondary N) is 1. The van der Waals surface area contributed by atoms with Crippen LogP contribution in [0.5, 0.6) is 0 Å². The van der Waals surface area contributed by atoms with Gasteiger partial charge in [0.05, 0.1) is 11.4 Å². The van der Waals surface area contributed by atoms with Crippen LogP contribution in [0.1, 0.15) is 5.69 Å². The van der Waals surface area contributed by atoms with Crippen molar-refractivity contribution in [2.24, 2.45) is 12.8 Å². The second kappa shape index (κ2) is 5.34. The summed E-state index contributed by atoms with van der Waals surface area (Å²) in [4.78, 5) is 0. The van der Waals surface area contributed by atoms with Crippen LogP contribution in [0, 0.1) is 6.92 Å². The van der Waals surface area contributed by atoms with Crippen molar-refractivity contribution in [3.63, 3.8) is 0 Å². The van der Waals surface area contributed by atoms with Gasteiger partial charge in [0.15, 0.2) is 0 Å². The van der Waals surface area contributed by atoms with Crippen LogP contribution in [0.4, 0.5) is 5.82 Å². The number of aromatic nitrogens is 2. The third-order valence-electron chi connectivity index (χ3n) is 1.65. The normalized spacial score (nSPS) is 10.9. The minimum atomic E-state index is -3.33. The number of rotatable bonds is 4. The zero-order valence-electron chi connectivity index (χ0n) is 8.60. The van der Waals surface area contributed by atoms with Gasteiger partial charge in [-0.2, -0.15) is 5.10 Å². The summed E-state index contributed by atoms with van der Waals surface area (Å²) in [6.45, 7) is 1.90. The van der Waals surface area contributed by atoms with E-state index in [0.29, 0.717) is 5.82 Å². The lowest BCUT2D eigenvalue weighted by atomic mass is 10.5. The van der Waals surface area contributed by atoms with E-state index in [1.165, 1.54) is 4.68 Å². The molecule has 0 amide bonds. The highest BCUT2D eigenvalue weighted by atomic mass is 35.5. The number of sulfonamides is 1. The van der Waals surface area contributed by atoms with Crippen LogP contribution < -0.4 is 10.5 Å². The molecular formula is C7H15ClN4O2S. The van der Waals surface area contributed by atoms with E-state index in [-0.39, 0.29) is 24.7 Å². The van der Waals surface area contributed by atoms with Gasteiger partial charge in [0, 0.05) is 19.7 Å². The molecule has 0 saturated heterocycles. The van der Waals surface area contributed by atoms with Crippen molar-refractivity contribution >= 4 is 28.2 Å². The average molecular weight is 255 g/mol. The summed E-state index contributed by atoms with van der Waals surface area (Å²) in [5.74, 6) is 0.368. The zero-order chi connectivity index (χ0) is 10.8. The Kier molecular flexibility index (Phi) is 5.06. The average Bonchev–Trinajstić information content (AvgIpc) is 2.28. The van der Waals surface area contributed by atoms with Crippen molar-refractivity contribution in [2.75, 3.05) is 17.0 Å². The molecule has 0 unspecified atom stereocenters. The van der Waals surface area contributed by atoms with E-state index in [1.807, 2.05) is 0 Å². The standard InChI is InChI=1S/C7H14N4O2S.ClH/c1-6-5-7(11(2)9-6)10-14(12,13)4-3-8;/h5,10H,3-4,8H2,1-2H3;1H. The lowest BCUT2D eigenvalue weighted by molar-refractivity contribution is 0.600. The lowest BCUT2D eigenvalue weighted by Crippen LogP contribution is -2.23. The van der Waals surface area contributed by atoms with Crippen LogP contribution in [-0.2, 0) is 17.1 Å². The van der Waals surface area contributed by atoms with Crippen molar-refractivity contribution in [3.05, 3.63) is 11.8 Å². The van der Waals surface area contributed by atoms with Crippen molar-refractivity contribution in [1.82, 2.24) is 9.78 Å². The zero-order valence-corrected chi connectivity index (χ0v) is 10.2. The van der Waals surface area contributed by atoms with Gasteiger partial charge in [-0.05, 0) is 6.92 Å². The van der Waals surface area contributed by atoms with Gasteiger partial charge in [-0.15, -0.1) is 12.4 Å². The molecule has 1 rings (SSSR count). The Bertz CT molecular complexity index is 415. The van der Waals surface area contributed by atoms with Crippen molar-refractivity contribution in [3.8, 4) is 0 Å². The molecule has 0 aliphatic heterocycles. The lowest BCUT2D eigenvalue weighted by Gasteiger charge is -2.05. The van der Waals surface area contributed by atoms with Crippen LogP contribution in [0.25, 0.3) is 0 Å². The van der Waals surface area contributed by atoms with Crippen molar-refractivity contribution in [2.45, 2.75) is 6.92 Å². The highest BCUT2D eigenvalue weighted by Gasteiger charge is 2.11. The first kappa shape index (κ1) is 14.2. The van der Waals surface area contributed by atoms with Crippen LogP contribution in [0.3, 0.4) is 0 Å². The number of nitrogens with zero attached hydrogens (tertiary/aromatic N) is 2. The third kappa shape index (κ3) is 4.06. The van der Waals surface area contributed by atoms with Gasteiger partial charge in [0.25, 0.3) is 0 Å². The Balaban J connectivity index is 0.00000196. The molecule has 3 N–H and O–H groups in total. The fourth-order valence-electron chi connectivity index (χ4n) is 1.07. The number of nitrogens with two attached hydrogens (primary N) is 1. The van der Waals surface area contributed by atoms with E-state index in [9.17, 15) is 8.42 Å². The number of anilines is 1. The molecule has 8 heteroatoms. The predicted octanol–water partition coefficient (Wildman–Crippen LogP) is -0.149. The Morgan fingerprint density at radius 3 is 2.60 bits per heavy atom. The fourth-order valence-corrected chi connectivity index (χ4v) is 1.99. The second-order valence-corrected chi connectivity index (χ2v) is 4.85. The smallest absolute Gasteiger partial charge is 0.235 e. The number of hydrogen-bond acceptors (Lipinski definition) is 4. The molecule has 0 aromatic carbocycles. The fraction of sp³-hybridized carbons (Fsp3) is 0.571. The first-order valence-electron chi connectivity index (χ1n) is 4.16. The molecule has 0 spiro atoms. The largest absolute Gasteiger partial charge is 0.329 e. The van der Waals surface area contributed by atoms with Gasteiger partial charge in [-0.3, -0.25) is 9.40 Å². The van der Waals surface area contributed by atoms with E-state index >= 15 is 0 Å². The number of aryl methyl sites for hydroxylation is 2. The minimum absolute atomic E-state index is 0. The Hall–Kier alpha value is -0.790. The molecular weight excluding hydrogens is 240 g/mol. The molecule has 0 aliphatic rings. The summed E-state index contributed by atoms with van der Waals surface area (Å²) in [7, 11) is -1.66. The molecule has 0 aliphatic carbocycles. The van der Waals surface area contributed by atoms with E-state index in [0.717, 1.165) is 5.69 Å². The van der Waals surface area contributed by atoms with E-state index < -0.39 is 10.0 Å². The Morgan fingerprint density at radius 1 is 1.60 bits per heavy atom. The van der Waals surface area contributed by atoms with Crippen molar-refractivity contribution < 1.29 is 8.42 Å². The molecule has 1 aromatic rings. The summed E-state index contributed by atoms with van der Waals surface area (Å²) in [5.41, 5.74) is 5.93. The maximum atomic E-state index is 11.3. The van der Waals surface area contributed by atoms with Gasteiger partial charge in [0.2, 0.25) is 10.0 Å². The Labute approximate surface area is 95.3 Å². The number of halogens is 1. The summed E-state index contributed by atoms with van der Waals surface area (Å²) in [6.07, 6.45) is 0. The molecule has 0 saturated carbocycles. The van der Waals surface area contributed by atoms with Gasteiger partial charge in [-0.1, -0.05) is 0 Å². The van der Waals surface area contributed by atoms with E-state index in [1.54, 1.807) is 20.0 Å². The van der Waals surface area contributed by atoms with Crippen LogP contribution in [-0.4, -0.2) is 30.5 Å². The Morgan fingerprint density at radius 2 is 2.20 bits per heavy atom. The maximum absolute atomic E-state index is 11.3. The molecule has 1 heterocycles. The first-order chi connectivity index (χ1) is 6.44. The maximum Gasteiger partial charge on any atom is 0.235 e. The summed E-state index contributed by atoms with van der Waals surface area (Å²) >= 11 is 0. The third-order valence-corrected chi connectivity index (χ3v) is 2.94. The molecule has 0 fully saturated rings. The van der Waals surface area contributed by atoms with Crippen LogP contribution >= 0.6 is 12.4 Å². The molecule has 0 radical (unpaired) electrons. The summed E-state index contributed by atoms with van der Waals surface area (Å²) in [5, 5.41) is 4.01. The van der Waals surface area contributed by atoms with Gasteiger partial charge in [0.1, 0.15) is 5.82 Å². The topological polar surface area (TPSA) is 90.0 Å². The second-order valence-electron chi connectivity index (χ2n) is 3.00. The molecule has 15 heavy (non-hydrogen) atoms. The molecule has 0 atom stereocenters. The van der Waals surface area contributed by atoms with Crippen LogP contribution in [0.15, 0.2) is 6.07 Å². The predicted molar refractivity (Wildman–Crippen MR) is 61.7 cm³/mol. The SMILES string of the molecule is Cc1cc(NS(=O)(=O)CCN)n(C)n1.Cl. The highest BCUT2D eigenvalue weighted by molar-refractivity contribution is 7.92. The van der Waals surface area contributed by atoms with Crippen molar-refractivity contribution in [1.29, 1.82) is 0 Å². The number of hydrogen-bond donors (Lipinski definition) is 2. The first-order valence-corrected chi connectivity index (χ1v) is 5.81. The molecule has 1 aromatic heterocycles. The van der Waals surface area contributed by atoms with Gasteiger partial charge in [-0.25, -0.2) is 8.42 Å². The molecule has 6 nitrogen and oxygen atoms in total. The summed E-state index contributed by atoms with van der Waals surface area (Å²) < 4.78 is 26.5. The minimum Gasteiger partial charge on any atom is -0.329 e. The quantitative estimate of drug-likeness (QED) is 0.782. The van der Waals surface area contributed by atoms with E-state index in [4.69, 9.17) is 5.73 Å². The summed E-state index contributed by atoms with van der Waals surface area (Å²) in [6, 6.07) is 1.66. The molecule has 88 valence electrons. The molecule has 0 bridgehead atoms. The van der Waals surface area contributed by atoms with Gasteiger partial charge >= 0.3 is 0 Å².